The Morgan fingerprint density at radius 1 is 1.35 bits per heavy atom. The summed E-state index contributed by atoms with van der Waals surface area (Å²) in [5, 5.41) is 2.86. The summed E-state index contributed by atoms with van der Waals surface area (Å²) in [6.45, 7) is 0. The smallest absolute Gasteiger partial charge is 0.265 e. The fraction of sp³-hybridized carbons (Fsp3) is 0.111. The van der Waals surface area contributed by atoms with E-state index in [1.165, 1.54) is 23.9 Å². The lowest BCUT2D eigenvalue weighted by atomic mass is 10.5. The second kappa shape index (κ2) is 4.50. The first-order valence-corrected chi connectivity index (χ1v) is 5.35. The molecule has 0 saturated heterocycles. The molecule has 17 heavy (non-hydrogen) atoms. The van der Waals surface area contributed by atoms with Crippen LogP contribution in [-0.4, -0.2) is 19.7 Å². The van der Waals surface area contributed by atoms with E-state index < -0.39 is 17.1 Å². The Kier molecular flexibility index (Phi) is 3.05. The Labute approximate surface area is 98.5 Å². The third-order valence-electron chi connectivity index (χ3n) is 1.83. The van der Waals surface area contributed by atoms with Crippen LogP contribution < -0.4 is 11.1 Å². The van der Waals surface area contributed by atoms with E-state index in [-0.39, 0.29) is 5.16 Å². The normalized spacial score (nSPS) is 10.5. The highest BCUT2D eigenvalue weighted by Crippen LogP contribution is 2.21. The van der Waals surface area contributed by atoms with E-state index in [9.17, 15) is 14.0 Å². The number of aryl methyl sites for hydroxylation is 1. The first-order chi connectivity index (χ1) is 8.06. The summed E-state index contributed by atoms with van der Waals surface area (Å²) >= 11 is 0.982. The van der Waals surface area contributed by atoms with Gasteiger partial charge in [-0.1, -0.05) is 6.07 Å². The van der Waals surface area contributed by atoms with Gasteiger partial charge in [-0.15, -0.1) is 0 Å². The molecule has 2 heterocycles. The first kappa shape index (κ1) is 11.5. The third kappa shape index (κ3) is 2.59. The zero-order valence-corrected chi connectivity index (χ0v) is 9.49. The van der Waals surface area contributed by atoms with E-state index >= 15 is 0 Å². The zero-order valence-electron chi connectivity index (χ0n) is 8.68. The fourth-order valence-corrected chi connectivity index (χ4v) is 1.87. The van der Waals surface area contributed by atoms with Gasteiger partial charge >= 0.3 is 11.1 Å². The number of halogens is 1. The summed E-state index contributed by atoms with van der Waals surface area (Å²) in [7, 11) is 1.52. The molecule has 0 amide bonds. The van der Waals surface area contributed by atoms with Crippen molar-refractivity contribution in [2.45, 2.75) is 10.2 Å². The van der Waals surface area contributed by atoms with Gasteiger partial charge in [0.2, 0.25) is 5.95 Å². The summed E-state index contributed by atoms with van der Waals surface area (Å²) in [5.74, 6) is -0.621. The molecule has 0 aliphatic rings. The van der Waals surface area contributed by atoms with Crippen molar-refractivity contribution in [2.75, 3.05) is 0 Å². The molecule has 1 N–H and O–H groups in total. The largest absolute Gasteiger partial charge is 0.339 e. The van der Waals surface area contributed by atoms with Gasteiger partial charge in [0.15, 0.2) is 5.16 Å². The number of aromatic nitrogens is 4. The molecule has 0 bridgehead atoms. The molecule has 2 aromatic rings. The highest BCUT2D eigenvalue weighted by atomic mass is 32.2. The van der Waals surface area contributed by atoms with E-state index in [0.29, 0.717) is 5.03 Å². The molecule has 0 fully saturated rings. The first-order valence-electron chi connectivity index (χ1n) is 4.54. The molecular formula is C9H7FN4O2S. The molecule has 8 heteroatoms. The van der Waals surface area contributed by atoms with Gasteiger partial charge in [0.05, 0.1) is 0 Å². The quantitative estimate of drug-likeness (QED) is 0.609. The molecule has 2 rings (SSSR count). The van der Waals surface area contributed by atoms with Gasteiger partial charge in [0.1, 0.15) is 5.03 Å². The average molecular weight is 254 g/mol. The molecule has 0 aliphatic carbocycles. The topological polar surface area (TPSA) is 80.6 Å². The number of H-pyrrole nitrogens is 1. The summed E-state index contributed by atoms with van der Waals surface area (Å²) in [5.41, 5.74) is -1.69. The summed E-state index contributed by atoms with van der Waals surface area (Å²) in [6.07, 6.45) is 0. The standard InChI is InChI=1S/C9H7FN4O2S/c1-14-9(12-7(15)8(16)13-14)17-6-4-2-3-5(10)11-6/h2-4H,1H3,(H,13,16). The molecule has 88 valence electrons. The van der Waals surface area contributed by atoms with Gasteiger partial charge in [-0.2, -0.15) is 9.37 Å². The average Bonchev–Trinajstić information content (AvgIpc) is 2.26. The van der Waals surface area contributed by atoms with Crippen molar-refractivity contribution >= 4 is 11.8 Å². The second-order valence-corrected chi connectivity index (χ2v) is 4.09. The molecule has 0 aliphatic heterocycles. The Morgan fingerprint density at radius 2 is 2.12 bits per heavy atom. The number of rotatable bonds is 2. The van der Waals surface area contributed by atoms with Crippen molar-refractivity contribution in [1.82, 2.24) is 19.7 Å². The SMILES string of the molecule is Cn1[nH]c(=O)c(=O)nc1Sc1cccc(F)n1. The number of nitrogens with one attached hydrogen (secondary N) is 1. The number of aromatic amines is 1. The van der Waals surface area contributed by atoms with Crippen LogP contribution in [-0.2, 0) is 7.05 Å². The predicted octanol–water partition coefficient (Wildman–Crippen LogP) is 0.154. The lowest BCUT2D eigenvalue weighted by molar-refractivity contribution is 0.570. The maximum Gasteiger partial charge on any atom is 0.339 e. The molecule has 0 aromatic carbocycles. The van der Waals surface area contributed by atoms with Crippen molar-refractivity contribution in [2.24, 2.45) is 7.05 Å². The van der Waals surface area contributed by atoms with E-state index in [2.05, 4.69) is 15.1 Å². The van der Waals surface area contributed by atoms with Gasteiger partial charge in [-0.05, 0) is 23.9 Å². The number of pyridine rings is 1. The van der Waals surface area contributed by atoms with Crippen molar-refractivity contribution in [3.8, 4) is 0 Å². The van der Waals surface area contributed by atoms with Crippen LogP contribution in [0.2, 0.25) is 0 Å². The Morgan fingerprint density at radius 3 is 2.82 bits per heavy atom. The molecule has 0 spiro atoms. The van der Waals surface area contributed by atoms with Crippen LogP contribution >= 0.6 is 11.8 Å². The van der Waals surface area contributed by atoms with Crippen LogP contribution in [0.4, 0.5) is 4.39 Å². The zero-order chi connectivity index (χ0) is 12.4. The Bertz CT molecular complexity index is 667. The van der Waals surface area contributed by atoms with Gasteiger partial charge in [0, 0.05) is 7.05 Å². The lowest BCUT2D eigenvalue weighted by Gasteiger charge is -2.04. The summed E-state index contributed by atoms with van der Waals surface area (Å²) in [6, 6.07) is 4.28. The number of nitrogens with zero attached hydrogens (tertiary/aromatic N) is 3. The molecule has 0 radical (unpaired) electrons. The van der Waals surface area contributed by atoms with E-state index in [0.717, 1.165) is 11.8 Å². The molecule has 0 saturated carbocycles. The lowest BCUT2D eigenvalue weighted by Crippen LogP contribution is -2.33. The molecule has 2 aromatic heterocycles. The molecule has 0 unspecified atom stereocenters. The highest BCUT2D eigenvalue weighted by Gasteiger charge is 2.07. The van der Waals surface area contributed by atoms with Gasteiger partial charge in [-0.3, -0.25) is 19.4 Å². The monoisotopic (exact) mass is 254 g/mol. The van der Waals surface area contributed by atoms with Crippen LogP contribution in [0.1, 0.15) is 0 Å². The van der Waals surface area contributed by atoms with Crippen molar-refractivity contribution in [3.63, 3.8) is 0 Å². The number of hydrogen-bond donors (Lipinski definition) is 1. The van der Waals surface area contributed by atoms with Crippen molar-refractivity contribution in [1.29, 1.82) is 0 Å². The minimum Gasteiger partial charge on any atom is -0.265 e. The minimum atomic E-state index is -0.887. The van der Waals surface area contributed by atoms with Gasteiger partial charge in [0.25, 0.3) is 0 Å². The summed E-state index contributed by atoms with van der Waals surface area (Å²) < 4.78 is 14.1. The third-order valence-corrected chi connectivity index (χ3v) is 2.82. The molecule has 6 nitrogen and oxygen atoms in total. The van der Waals surface area contributed by atoms with Crippen LogP contribution in [0, 0.1) is 5.95 Å². The maximum absolute atomic E-state index is 12.8. The fourth-order valence-electron chi connectivity index (χ4n) is 1.09. The molecule has 0 atom stereocenters. The van der Waals surface area contributed by atoms with Crippen molar-refractivity contribution < 1.29 is 4.39 Å². The van der Waals surface area contributed by atoms with E-state index in [1.54, 1.807) is 6.07 Å². The maximum atomic E-state index is 12.8. The van der Waals surface area contributed by atoms with Crippen LogP contribution in [0.15, 0.2) is 38.0 Å². The minimum absolute atomic E-state index is 0.229. The van der Waals surface area contributed by atoms with Gasteiger partial charge < -0.3 is 0 Å². The second-order valence-electron chi connectivity index (χ2n) is 3.10. The Hall–Kier alpha value is -1.96. The van der Waals surface area contributed by atoms with Crippen LogP contribution in [0.5, 0.6) is 0 Å². The van der Waals surface area contributed by atoms with E-state index in [4.69, 9.17) is 0 Å². The van der Waals surface area contributed by atoms with Gasteiger partial charge in [-0.25, -0.2) is 4.98 Å². The predicted molar refractivity (Wildman–Crippen MR) is 58.4 cm³/mol. The Balaban J connectivity index is 2.40. The van der Waals surface area contributed by atoms with Crippen molar-refractivity contribution in [3.05, 3.63) is 44.9 Å². The van der Waals surface area contributed by atoms with Crippen LogP contribution in [0.25, 0.3) is 0 Å². The van der Waals surface area contributed by atoms with Crippen LogP contribution in [0.3, 0.4) is 0 Å². The van der Waals surface area contributed by atoms with E-state index in [1.807, 2.05) is 0 Å². The number of hydrogen-bond acceptors (Lipinski definition) is 5. The highest BCUT2D eigenvalue weighted by molar-refractivity contribution is 7.99. The summed E-state index contributed by atoms with van der Waals surface area (Å²) in [4.78, 5) is 29.2. The molecular weight excluding hydrogens is 247 g/mol.